The smallest absolute Gasteiger partial charge is 0.130 e. The number of nitriles is 2. The zero-order chi connectivity index (χ0) is 17.5. The van der Waals surface area contributed by atoms with Gasteiger partial charge in [-0.05, 0) is 60.9 Å². The van der Waals surface area contributed by atoms with Gasteiger partial charge in [0, 0.05) is 5.56 Å². The predicted molar refractivity (Wildman–Crippen MR) is 92.4 cm³/mol. The number of rotatable bonds is 5. The molecule has 0 fully saturated rings. The molecule has 0 N–H and O–H groups in total. The SMILES string of the molecule is COc1ccc(C=C(C#N)C#N)cc1COc1cc(C)cc(C)c1. The molecule has 2 rings (SSSR count). The molecular formula is C20H18N2O2. The van der Waals surface area contributed by atoms with Crippen LogP contribution in [-0.2, 0) is 6.61 Å². The third-order valence-corrected chi connectivity index (χ3v) is 3.45. The summed E-state index contributed by atoms with van der Waals surface area (Å²) < 4.78 is 11.2. The van der Waals surface area contributed by atoms with Crippen LogP contribution in [0, 0.1) is 36.5 Å². The Hall–Kier alpha value is -3.24. The molecule has 24 heavy (non-hydrogen) atoms. The van der Waals surface area contributed by atoms with Crippen molar-refractivity contribution in [3.8, 4) is 23.6 Å². The third kappa shape index (κ3) is 4.38. The first-order valence-corrected chi connectivity index (χ1v) is 7.45. The highest BCUT2D eigenvalue weighted by molar-refractivity contribution is 5.63. The van der Waals surface area contributed by atoms with Crippen molar-refractivity contribution in [3.63, 3.8) is 0 Å². The summed E-state index contributed by atoms with van der Waals surface area (Å²) in [5, 5.41) is 17.7. The Bertz CT molecular complexity index is 819. The summed E-state index contributed by atoms with van der Waals surface area (Å²) in [6.07, 6.45) is 1.54. The van der Waals surface area contributed by atoms with Crippen molar-refractivity contribution in [2.24, 2.45) is 0 Å². The number of allylic oxidation sites excluding steroid dienone is 1. The van der Waals surface area contributed by atoms with Crippen LogP contribution in [0.15, 0.2) is 42.0 Å². The summed E-state index contributed by atoms with van der Waals surface area (Å²) in [6.45, 7) is 4.39. The molecule has 4 heteroatoms. The first kappa shape index (κ1) is 17.1. The normalized spacial score (nSPS) is 9.54. The monoisotopic (exact) mass is 318 g/mol. The summed E-state index contributed by atoms with van der Waals surface area (Å²) >= 11 is 0. The molecular weight excluding hydrogens is 300 g/mol. The first-order valence-electron chi connectivity index (χ1n) is 7.45. The van der Waals surface area contributed by atoms with Gasteiger partial charge in [-0.15, -0.1) is 0 Å². The van der Waals surface area contributed by atoms with Crippen molar-refractivity contribution in [2.45, 2.75) is 20.5 Å². The summed E-state index contributed by atoms with van der Waals surface area (Å²) in [4.78, 5) is 0. The van der Waals surface area contributed by atoms with Gasteiger partial charge in [-0.25, -0.2) is 0 Å². The fourth-order valence-electron chi connectivity index (χ4n) is 2.43. The third-order valence-electron chi connectivity index (χ3n) is 3.45. The van der Waals surface area contributed by atoms with Crippen molar-refractivity contribution in [1.29, 1.82) is 10.5 Å². The number of hydrogen-bond acceptors (Lipinski definition) is 4. The Balaban J connectivity index is 2.26. The topological polar surface area (TPSA) is 66.0 Å². The first-order chi connectivity index (χ1) is 11.5. The van der Waals surface area contributed by atoms with E-state index in [0.29, 0.717) is 12.4 Å². The van der Waals surface area contributed by atoms with E-state index in [2.05, 4.69) is 6.07 Å². The Kier molecular flexibility index (Phi) is 5.60. The van der Waals surface area contributed by atoms with E-state index >= 15 is 0 Å². The molecule has 2 aromatic rings. The van der Waals surface area contributed by atoms with Gasteiger partial charge in [0.1, 0.15) is 35.8 Å². The van der Waals surface area contributed by atoms with Crippen molar-refractivity contribution in [1.82, 2.24) is 0 Å². The second-order valence-corrected chi connectivity index (χ2v) is 5.46. The van der Waals surface area contributed by atoms with Gasteiger partial charge in [0.25, 0.3) is 0 Å². The number of benzene rings is 2. The van der Waals surface area contributed by atoms with Gasteiger partial charge in [0.2, 0.25) is 0 Å². The molecule has 2 aromatic carbocycles. The molecule has 0 spiro atoms. The average molecular weight is 318 g/mol. The van der Waals surface area contributed by atoms with Crippen molar-refractivity contribution >= 4 is 6.08 Å². The van der Waals surface area contributed by atoms with Crippen LogP contribution in [0.5, 0.6) is 11.5 Å². The van der Waals surface area contributed by atoms with Crippen molar-refractivity contribution in [3.05, 3.63) is 64.2 Å². The largest absolute Gasteiger partial charge is 0.496 e. The van der Waals surface area contributed by atoms with E-state index in [9.17, 15) is 0 Å². The molecule has 0 saturated carbocycles. The van der Waals surface area contributed by atoms with E-state index in [1.807, 2.05) is 44.2 Å². The maximum atomic E-state index is 8.87. The number of hydrogen-bond donors (Lipinski definition) is 0. The van der Waals surface area contributed by atoms with Crippen LogP contribution >= 0.6 is 0 Å². The van der Waals surface area contributed by atoms with Crippen LogP contribution in [0.4, 0.5) is 0 Å². The lowest BCUT2D eigenvalue weighted by atomic mass is 10.1. The number of methoxy groups -OCH3 is 1. The average Bonchev–Trinajstić information content (AvgIpc) is 2.57. The van der Waals surface area contributed by atoms with Gasteiger partial charge >= 0.3 is 0 Å². The second-order valence-electron chi connectivity index (χ2n) is 5.46. The molecule has 0 heterocycles. The number of ether oxygens (including phenoxy) is 2. The summed E-state index contributed by atoms with van der Waals surface area (Å²) in [5.74, 6) is 1.50. The summed E-state index contributed by atoms with van der Waals surface area (Å²) in [5.41, 5.74) is 3.94. The van der Waals surface area contributed by atoms with Crippen LogP contribution in [0.2, 0.25) is 0 Å². The zero-order valence-electron chi connectivity index (χ0n) is 14.0. The van der Waals surface area contributed by atoms with Gasteiger partial charge in [-0.2, -0.15) is 10.5 Å². The highest BCUT2D eigenvalue weighted by Crippen LogP contribution is 2.24. The summed E-state index contributed by atoms with van der Waals surface area (Å²) in [7, 11) is 1.60. The van der Waals surface area contributed by atoms with Crippen LogP contribution in [0.1, 0.15) is 22.3 Å². The molecule has 0 unspecified atom stereocenters. The van der Waals surface area contributed by atoms with Crippen LogP contribution in [0.25, 0.3) is 6.08 Å². The van der Waals surface area contributed by atoms with E-state index in [0.717, 1.165) is 28.0 Å². The fourth-order valence-corrected chi connectivity index (χ4v) is 2.43. The van der Waals surface area contributed by atoms with Crippen molar-refractivity contribution in [2.75, 3.05) is 7.11 Å². The molecule has 0 radical (unpaired) electrons. The highest BCUT2D eigenvalue weighted by atomic mass is 16.5. The van der Waals surface area contributed by atoms with E-state index in [4.69, 9.17) is 20.0 Å². The fraction of sp³-hybridized carbons (Fsp3) is 0.200. The quantitative estimate of drug-likeness (QED) is 0.770. The number of aryl methyl sites for hydroxylation is 2. The van der Waals surface area contributed by atoms with Crippen LogP contribution in [-0.4, -0.2) is 7.11 Å². The lowest BCUT2D eigenvalue weighted by molar-refractivity contribution is 0.296. The van der Waals surface area contributed by atoms with E-state index in [1.165, 1.54) is 0 Å². The Morgan fingerprint density at radius 2 is 1.71 bits per heavy atom. The molecule has 0 atom stereocenters. The predicted octanol–water partition coefficient (Wildman–Crippen LogP) is 4.32. The minimum Gasteiger partial charge on any atom is -0.496 e. The van der Waals surface area contributed by atoms with Crippen LogP contribution in [0.3, 0.4) is 0 Å². The Morgan fingerprint density at radius 3 is 2.29 bits per heavy atom. The molecule has 4 nitrogen and oxygen atoms in total. The highest BCUT2D eigenvalue weighted by Gasteiger charge is 2.06. The van der Waals surface area contributed by atoms with Gasteiger partial charge in [-0.3, -0.25) is 0 Å². The van der Waals surface area contributed by atoms with Crippen LogP contribution < -0.4 is 9.47 Å². The van der Waals surface area contributed by atoms with Gasteiger partial charge < -0.3 is 9.47 Å². The lowest BCUT2D eigenvalue weighted by Crippen LogP contribution is -2.00. The van der Waals surface area contributed by atoms with E-state index in [-0.39, 0.29) is 5.57 Å². The number of nitrogens with zero attached hydrogens (tertiary/aromatic N) is 2. The molecule has 0 aromatic heterocycles. The van der Waals surface area contributed by atoms with E-state index in [1.54, 1.807) is 25.3 Å². The molecule has 0 saturated heterocycles. The Labute approximate surface area is 142 Å². The minimum absolute atomic E-state index is 0.0568. The van der Waals surface area contributed by atoms with Gasteiger partial charge in [0.15, 0.2) is 0 Å². The lowest BCUT2D eigenvalue weighted by Gasteiger charge is -2.12. The van der Waals surface area contributed by atoms with Crippen molar-refractivity contribution < 1.29 is 9.47 Å². The second kappa shape index (κ2) is 7.85. The standard InChI is InChI=1S/C20H18N2O2/c1-14-6-15(2)8-19(7-14)24-13-18-10-16(4-5-20(18)23-3)9-17(11-21)12-22/h4-10H,13H2,1-3H3. The molecule has 120 valence electrons. The zero-order valence-corrected chi connectivity index (χ0v) is 14.0. The maximum Gasteiger partial charge on any atom is 0.130 e. The molecule has 0 aliphatic rings. The van der Waals surface area contributed by atoms with Gasteiger partial charge in [0.05, 0.1) is 7.11 Å². The molecule has 0 amide bonds. The van der Waals surface area contributed by atoms with Gasteiger partial charge in [-0.1, -0.05) is 12.1 Å². The summed E-state index contributed by atoms with van der Waals surface area (Å²) in [6, 6.07) is 15.2. The molecule has 0 aliphatic carbocycles. The maximum absolute atomic E-state index is 8.87. The molecule has 0 bridgehead atoms. The Morgan fingerprint density at radius 1 is 1.04 bits per heavy atom. The van der Waals surface area contributed by atoms with E-state index < -0.39 is 0 Å². The molecule has 0 aliphatic heterocycles. The minimum atomic E-state index is 0.0568.